The summed E-state index contributed by atoms with van der Waals surface area (Å²) in [5, 5.41) is 3.01. The number of aryl methyl sites for hydroxylation is 1. The van der Waals surface area contributed by atoms with Crippen molar-refractivity contribution in [2.45, 2.75) is 24.5 Å². The minimum atomic E-state index is -4.28. The summed E-state index contributed by atoms with van der Waals surface area (Å²) in [6.07, 6.45) is -3.18. The lowest BCUT2D eigenvalue weighted by molar-refractivity contribution is -0.125. The molecule has 0 atom stereocenters. The third-order valence-corrected chi connectivity index (χ3v) is 4.76. The maximum Gasteiger partial charge on any atom is 0.401 e. The number of rotatable bonds is 4. The highest BCUT2D eigenvalue weighted by atomic mass is 32.2. The summed E-state index contributed by atoms with van der Waals surface area (Å²) in [5.74, 6) is 0. The van der Waals surface area contributed by atoms with Crippen molar-refractivity contribution in [3.05, 3.63) is 29.5 Å². The molecule has 0 saturated carbocycles. The molecule has 22 heavy (non-hydrogen) atoms. The van der Waals surface area contributed by atoms with Crippen LogP contribution in [0.3, 0.4) is 0 Å². The fourth-order valence-corrected chi connectivity index (χ4v) is 3.06. The Bertz CT molecular complexity index is 808. The second-order valence-electron chi connectivity index (χ2n) is 5.29. The standard InChI is InChI=1S/C14H17F3N2O2S/c1-9-12(7-18-8-14(15,16)17)11-6-10(22(3,20)21)4-5-13(11)19(9)2/h4-6,18H,7-8H2,1-3H3. The lowest BCUT2D eigenvalue weighted by Crippen LogP contribution is -2.28. The Kier molecular flexibility index (Phi) is 4.27. The Morgan fingerprint density at radius 3 is 2.45 bits per heavy atom. The van der Waals surface area contributed by atoms with Crippen LogP contribution in [-0.2, 0) is 23.4 Å². The summed E-state index contributed by atoms with van der Waals surface area (Å²) in [6, 6.07) is 4.69. The molecule has 0 fully saturated rings. The Labute approximate surface area is 126 Å². The SMILES string of the molecule is Cc1c(CNCC(F)(F)F)c2cc(S(C)(=O)=O)ccc2n1C. The Balaban J connectivity index is 2.46. The first-order valence-electron chi connectivity index (χ1n) is 6.56. The highest BCUT2D eigenvalue weighted by molar-refractivity contribution is 7.90. The number of aromatic nitrogens is 1. The van der Waals surface area contributed by atoms with Crippen molar-refractivity contribution in [3.8, 4) is 0 Å². The zero-order valence-electron chi connectivity index (χ0n) is 12.5. The van der Waals surface area contributed by atoms with E-state index in [0.717, 1.165) is 17.5 Å². The van der Waals surface area contributed by atoms with Crippen molar-refractivity contribution in [3.63, 3.8) is 0 Å². The summed E-state index contributed by atoms with van der Waals surface area (Å²) in [7, 11) is -1.57. The van der Waals surface area contributed by atoms with Crippen molar-refractivity contribution in [2.75, 3.05) is 12.8 Å². The zero-order valence-corrected chi connectivity index (χ0v) is 13.3. The van der Waals surface area contributed by atoms with E-state index in [1.54, 1.807) is 20.0 Å². The quantitative estimate of drug-likeness (QED) is 0.935. The van der Waals surface area contributed by atoms with Gasteiger partial charge in [0.2, 0.25) is 0 Å². The molecule has 0 amide bonds. The van der Waals surface area contributed by atoms with E-state index in [1.807, 2.05) is 4.57 Å². The van der Waals surface area contributed by atoms with Gasteiger partial charge in [0.05, 0.1) is 11.4 Å². The number of nitrogens with zero attached hydrogens (tertiary/aromatic N) is 1. The molecule has 1 heterocycles. The average Bonchev–Trinajstić information content (AvgIpc) is 2.61. The lowest BCUT2D eigenvalue weighted by atomic mass is 10.1. The van der Waals surface area contributed by atoms with E-state index in [9.17, 15) is 21.6 Å². The number of hydrogen-bond donors (Lipinski definition) is 1. The van der Waals surface area contributed by atoms with E-state index in [0.29, 0.717) is 10.9 Å². The number of sulfone groups is 1. The van der Waals surface area contributed by atoms with Crippen molar-refractivity contribution in [2.24, 2.45) is 7.05 Å². The van der Waals surface area contributed by atoms with Gasteiger partial charge in [0.1, 0.15) is 0 Å². The van der Waals surface area contributed by atoms with E-state index in [1.165, 1.54) is 12.1 Å². The minimum Gasteiger partial charge on any atom is -0.348 e. The van der Waals surface area contributed by atoms with E-state index >= 15 is 0 Å². The largest absolute Gasteiger partial charge is 0.401 e. The van der Waals surface area contributed by atoms with Crippen LogP contribution >= 0.6 is 0 Å². The third kappa shape index (κ3) is 3.44. The monoisotopic (exact) mass is 334 g/mol. The fourth-order valence-electron chi connectivity index (χ4n) is 2.41. The molecular formula is C14H17F3N2O2S. The maximum atomic E-state index is 12.3. The molecule has 0 aliphatic rings. The number of alkyl halides is 3. The number of benzene rings is 1. The molecule has 0 aliphatic heterocycles. The van der Waals surface area contributed by atoms with Crippen LogP contribution in [0, 0.1) is 6.92 Å². The van der Waals surface area contributed by atoms with Gasteiger partial charge in [-0.2, -0.15) is 13.2 Å². The van der Waals surface area contributed by atoms with Gasteiger partial charge in [-0.1, -0.05) is 0 Å². The van der Waals surface area contributed by atoms with Crippen LogP contribution in [0.4, 0.5) is 13.2 Å². The van der Waals surface area contributed by atoms with Gasteiger partial charge >= 0.3 is 6.18 Å². The first-order valence-corrected chi connectivity index (χ1v) is 8.45. The van der Waals surface area contributed by atoms with Gasteiger partial charge in [-0.25, -0.2) is 8.42 Å². The average molecular weight is 334 g/mol. The smallest absolute Gasteiger partial charge is 0.348 e. The molecule has 1 aromatic carbocycles. The topological polar surface area (TPSA) is 51.1 Å². The van der Waals surface area contributed by atoms with Crippen LogP contribution in [0.2, 0.25) is 0 Å². The first-order chi connectivity index (χ1) is 10.0. The van der Waals surface area contributed by atoms with Crippen LogP contribution < -0.4 is 5.32 Å². The summed E-state index contributed by atoms with van der Waals surface area (Å²) < 4.78 is 61.9. The second kappa shape index (κ2) is 5.58. The minimum absolute atomic E-state index is 0.0237. The van der Waals surface area contributed by atoms with Crippen molar-refractivity contribution >= 4 is 20.7 Å². The molecule has 0 aliphatic carbocycles. The van der Waals surface area contributed by atoms with E-state index in [4.69, 9.17) is 0 Å². The van der Waals surface area contributed by atoms with Gasteiger partial charge in [-0.3, -0.25) is 0 Å². The molecule has 2 aromatic rings. The van der Waals surface area contributed by atoms with Gasteiger partial charge in [0.15, 0.2) is 9.84 Å². The van der Waals surface area contributed by atoms with Gasteiger partial charge in [-0.05, 0) is 30.7 Å². The molecule has 8 heteroatoms. The molecule has 1 aromatic heterocycles. The Hall–Kier alpha value is -1.54. The molecule has 0 saturated heterocycles. The molecule has 0 radical (unpaired) electrons. The number of fused-ring (bicyclic) bond motifs is 1. The van der Waals surface area contributed by atoms with E-state index < -0.39 is 22.6 Å². The highest BCUT2D eigenvalue weighted by Crippen LogP contribution is 2.27. The number of nitrogens with one attached hydrogen (secondary N) is 1. The second-order valence-corrected chi connectivity index (χ2v) is 7.31. The van der Waals surface area contributed by atoms with Gasteiger partial charge in [0, 0.05) is 36.4 Å². The third-order valence-electron chi connectivity index (χ3n) is 3.65. The van der Waals surface area contributed by atoms with Crippen LogP contribution in [-0.4, -0.2) is 32.0 Å². The summed E-state index contributed by atoms with van der Waals surface area (Å²) in [6.45, 7) is 0.731. The van der Waals surface area contributed by atoms with Crippen LogP contribution in [0.15, 0.2) is 23.1 Å². The van der Waals surface area contributed by atoms with Crippen molar-refractivity contribution < 1.29 is 21.6 Å². The summed E-state index contributed by atoms with van der Waals surface area (Å²) in [5.41, 5.74) is 2.26. The molecule has 2 rings (SSSR count). The molecule has 122 valence electrons. The van der Waals surface area contributed by atoms with Gasteiger partial charge < -0.3 is 9.88 Å². The Morgan fingerprint density at radius 1 is 1.27 bits per heavy atom. The predicted octanol–water partition coefficient (Wildman–Crippen LogP) is 2.54. The van der Waals surface area contributed by atoms with Crippen molar-refractivity contribution in [1.82, 2.24) is 9.88 Å². The fraction of sp³-hybridized carbons (Fsp3) is 0.429. The highest BCUT2D eigenvalue weighted by Gasteiger charge is 2.26. The molecule has 0 unspecified atom stereocenters. The number of hydrogen-bond acceptors (Lipinski definition) is 3. The molecule has 0 spiro atoms. The van der Waals surface area contributed by atoms with E-state index in [2.05, 4.69) is 5.32 Å². The maximum absolute atomic E-state index is 12.3. The predicted molar refractivity (Wildman–Crippen MR) is 78.5 cm³/mol. The van der Waals surface area contributed by atoms with Crippen LogP contribution in [0.5, 0.6) is 0 Å². The molecule has 1 N–H and O–H groups in total. The number of halogens is 3. The van der Waals surface area contributed by atoms with Gasteiger partial charge in [0.25, 0.3) is 0 Å². The van der Waals surface area contributed by atoms with Crippen LogP contribution in [0.25, 0.3) is 10.9 Å². The summed E-state index contributed by atoms with van der Waals surface area (Å²) in [4.78, 5) is 0.155. The van der Waals surface area contributed by atoms with Crippen LogP contribution in [0.1, 0.15) is 11.3 Å². The lowest BCUT2D eigenvalue weighted by Gasteiger charge is -2.08. The Morgan fingerprint density at radius 2 is 1.91 bits per heavy atom. The molecule has 4 nitrogen and oxygen atoms in total. The molecular weight excluding hydrogens is 317 g/mol. The van der Waals surface area contributed by atoms with E-state index in [-0.39, 0.29) is 11.4 Å². The van der Waals surface area contributed by atoms with Crippen molar-refractivity contribution in [1.29, 1.82) is 0 Å². The van der Waals surface area contributed by atoms with Gasteiger partial charge in [-0.15, -0.1) is 0 Å². The first kappa shape index (κ1) is 16.8. The summed E-state index contributed by atoms with van der Waals surface area (Å²) >= 11 is 0. The normalized spacial score (nSPS) is 13.0. The molecule has 0 bridgehead atoms. The zero-order chi connectivity index (χ0) is 16.7.